The summed E-state index contributed by atoms with van der Waals surface area (Å²) in [4.78, 5) is 42.4. The van der Waals surface area contributed by atoms with Crippen molar-refractivity contribution < 1.29 is 22.8 Å². The van der Waals surface area contributed by atoms with Gasteiger partial charge in [-0.05, 0) is 106 Å². The molecule has 4 fully saturated rings. The van der Waals surface area contributed by atoms with Gasteiger partial charge in [-0.3, -0.25) is 14.6 Å². The Morgan fingerprint density at radius 1 is 0.961 bits per heavy atom. The number of pyridine rings is 2. The Labute approximate surface area is 292 Å². The average Bonchev–Trinajstić information content (AvgIpc) is 4.03. The monoisotopic (exact) mass is 696 g/mol. The fourth-order valence-corrected chi connectivity index (χ4v) is 8.11. The van der Waals surface area contributed by atoms with E-state index in [2.05, 4.69) is 14.9 Å². The average molecular weight is 697 g/mol. The second kappa shape index (κ2) is 12.2. The van der Waals surface area contributed by atoms with E-state index in [1.807, 2.05) is 34.6 Å². The van der Waals surface area contributed by atoms with Gasteiger partial charge in [0.25, 0.3) is 18.2 Å². The number of aromatic nitrogens is 5. The molecule has 3 N–H and O–H groups in total. The molecule has 2 amide bonds. The third kappa shape index (κ3) is 5.75. The van der Waals surface area contributed by atoms with Crippen molar-refractivity contribution in [3.05, 3.63) is 77.0 Å². The number of hydrogen-bond donors (Lipinski definition) is 2. The zero-order chi connectivity index (χ0) is 35.1. The van der Waals surface area contributed by atoms with Gasteiger partial charge in [0.2, 0.25) is 0 Å². The summed E-state index contributed by atoms with van der Waals surface area (Å²) in [5, 5.41) is 3.80. The van der Waals surface area contributed by atoms with Crippen LogP contribution in [0.5, 0.6) is 0 Å². The predicted octanol–water partition coefficient (Wildman–Crippen LogP) is 6.71. The first-order valence-corrected chi connectivity index (χ1v) is 18.0. The third-order valence-corrected chi connectivity index (χ3v) is 11.3. The Bertz CT molecular complexity index is 2190. The van der Waals surface area contributed by atoms with Crippen molar-refractivity contribution >= 4 is 33.9 Å². The van der Waals surface area contributed by atoms with E-state index < -0.39 is 24.2 Å². The molecule has 4 aliphatic rings. The second-order valence-electron chi connectivity index (χ2n) is 14.9. The number of carbonyl (C=O) groups excluding carboxylic acids is 2. The summed E-state index contributed by atoms with van der Waals surface area (Å²) < 4.78 is 46.3. The minimum atomic E-state index is -2.71. The van der Waals surface area contributed by atoms with Crippen molar-refractivity contribution in [1.82, 2.24) is 34.3 Å². The molecule has 10 nitrogen and oxygen atoms in total. The molecule has 3 aliphatic carbocycles. The number of carbonyl (C=O) groups is 2. The molecule has 264 valence electrons. The minimum absolute atomic E-state index is 0.0616. The van der Waals surface area contributed by atoms with Crippen LogP contribution in [0.2, 0.25) is 0 Å². The molecule has 5 aromatic rings. The molecule has 1 saturated heterocycles. The maximum atomic E-state index is 16.2. The van der Waals surface area contributed by atoms with E-state index in [-0.39, 0.29) is 35.3 Å². The smallest absolute Gasteiger partial charge is 0.280 e. The molecular formula is C38H39F3N8O2. The van der Waals surface area contributed by atoms with E-state index in [1.165, 1.54) is 12.1 Å². The molecule has 51 heavy (non-hydrogen) atoms. The van der Waals surface area contributed by atoms with Crippen LogP contribution in [-0.4, -0.2) is 59.4 Å². The van der Waals surface area contributed by atoms with Crippen molar-refractivity contribution in [3.63, 3.8) is 0 Å². The zero-order valence-electron chi connectivity index (χ0n) is 28.2. The van der Waals surface area contributed by atoms with Crippen LogP contribution in [0.15, 0.2) is 48.7 Å². The Morgan fingerprint density at radius 2 is 1.75 bits per heavy atom. The van der Waals surface area contributed by atoms with Gasteiger partial charge >= 0.3 is 0 Å². The van der Waals surface area contributed by atoms with Gasteiger partial charge in [-0.2, -0.15) is 0 Å². The highest BCUT2D eigenvalue weighted by atomic mass is 19.3. The van der Waals surface area contributed by atoms with Gasteiger partial charge in [-0.1, -0.05) is 0 Å². The van der Waals surface area contributed by atoms with E-state index >= 15 is 4.39 Å². The first kappa shape index (κ1) is 32.1. The van der Waals surface area contributed by atoms with Crippen molar-refractivity contribution in [2.45, 2.75) is 89.0 Å². The van der Waals surface area contributed by atoms with Gasteiger partial charge in [-0.25, -0.2) is 23.1 Å². The first-order valence-electron chi connectivity index (χ1n) is 18.0. The molecule has 4 atom stereocenters. The maximum absolute atomic E-state index is 16.2. The van der Waals surface area contributed by atoms with Crippen LogP contribution in [0.3, 0.4) is 0 Å². The van der Waals surface area contributed by atoms with E-state index in [9.17, 15) is 18.4 Å². The number of likely N-dealkylation sites (tertiary alicyclic amines) is 1. The lowest BCUT2D eigenvalue weighted by Crippen LogP contribution is -2.51. The quantitative estimate of drug-likeness (QED) is 0.177. The summed E-state index contributed by atoms with van der Waals surface area (Å²) >= 11 is 0. The Hall–Kier alpha value is -4.78. The molecule has 5 heterocycles. The molecule has 13 heteroatoms. The molecular weight excluding hydrogens is 657 g/mol. The van der Waals surface area contributed by atoms with Gasteiger partial charge in [0.1, 0.15) is 22.7 Å². The summed E-state index contributed by atoms with van der Waals surface area (Å²) in [5.41, 5.74) is 9.55. The number of nitrogens with zero attached hydrogens (tertiary/aromatic N) is 6. The lowest BCUT2D eigenvalue weighted by Gasteiger charge is -2.37. The fourth-order valence-electron chi connectivity index (χ4n) is 8.11. The van der Waals surface area contributed by atoms with Gasteiger partial charge in [-0.15, -0.1) is 0 Å². The van der Waals surface area contributed by atoms with Crippen LogP contribution in [0.1, 0.15) is 102 Å². The highest BCUT2D eigenvalue weighted by molar-refractivity contribution is 5.99. The van der Waals surface area contributed by atoms with E-state index in [0.717, 1.165) is 80.5 Å². The second-order valence-corrected chi connectivity index (χ2v) is 14.9. The molecule has 4 aromatic heterocycles. The first-order chi connectivity index (χ1) is 24.6. The van der Waals surface area contributed by atoms with Crippen LogP contribution in [0, 0.1) is 17.7 Å². The van der Waals surface area contributed by atoms with Gasteiger partial charge in [0, 0.05) is 48.4 Å². The van der Waals surface area contributed by atoms with E-state index in [0.29, 0.717) is 46.5 Å². The standard InChI is InChI=1S/C38H39F3N8O2/c1-19(44-37(50)23-6-11-30(34(40)41)43-16-23)29-10-5-22-15-32(48(35(22)45-29)17-20-2-3-20)36-46-31-14-24(13-27(39)33(31)49(36)25-8-9-25)38(51)47-18-28(42)21-4-7-26(47)12-21/h5-6,10-11,13-16,19-21,25-26,28,34H,2-4,7-9,12,17-18,42H2,1H3,(H,44,50)/t19-,21-,26+,28+/m1/s1. The summed E-state index contributed by atoms with van der Waals surface area (Å²) in [7, 11) is 0. The molecule has 1 aromatic carbocycles. The van der Waals surface area contributed by atoms with Crippen molar-refractivity contribution in [2.24, 2.45) is 17.6 Å². The van der Waals surface area contributed by atoms with Crippen molar-refractivity contribution in [1.29, 1.82) is 0 Å². The van der Waals surface area contributed by atoms with Gasteiger partial charge in [0.05, 0.1) is 28.5 Å². The van der Waals surface area contributed by atoms with Gasteiger partial charge < -0.3 is 25.1 Å². The SMILES string of the molecule is C[C@@H](NC(=O)c1ccc(C(F)F)nc1)c1ccc2cc(-c3nc4cc(C(=O)N5C[C@H](N)[C@@H]6CC[C@H]5C6)cc(F)c4n3C3CC3)n(CC3CC3)c2n1. The van der Waals surface area contributed by atoms with Crippen molar-refractivity contribution in [2.75, 3.05) is 6.54 Å². The summed E-state index contributed by atoms with van der Waals surface area (Å²) in [6, 6.07) is 11.1. The highest BCUT2D eigenvalue weighted by Gasteiger charge is 2.41. The summed E-state index contributed by atoms with van der Waals surface area (Å²) in [6.07, 6.45) is 5.31. The minimum Gasteiger partial charge on any atom is -0.344 e. The van der Waals surface area contributed by atoms with Crippen LogP contribution in [0.25, 0.3) is 33.6 Å². The number of imidazole rings is 1. The fraction of sp³-hybridized carbons (Fsp3) is 0.447. The lowest BCUT2D eigenvalue weighted by molar-refractivity contribution is 0.0603. The normalized spacial score (nSPS) is 22.3. The maximum Gasteiger partial charge on any atom is 0.280 e. The third-order valence-electron chi connectivity index (χ3n) is 11.3. The number of piperidine rings is 1. The van der Waals surface area contributed by atoms with E-state index in [4.69, 9.17) is 15.7 Å². The molecule has 3 saturated carbocycles. The molecule has 0 spiro atoms. The Kier molecular flexibility index (Phi) is 7.68. The number of amides is 2. The van der Waals surface area contributed by atoms with Crippen LogP contribution in [0.4, 0.5) is 13.2 Å². The molecule has 2 bridgehead atoms. The number of hydrogen-bond acceptors (Lipinski definition) is 6. The molecule has 9 rings (SSSR count). The number of alkyl halides is 2. The number of nitrogens with two attached hydrogens (primary N) is 1. The Balaban J connectivity index is 1.07. The number of fused-ring (bicyclic) bond motifs is 4. The lowest BCUT2D eigenvalue weighted by atomic mass is 9.94. The number of nitrogens with one attached hydrogen (secondary N) is 1. The van der Waals surface area contributed by atoms with Crippen LogP contribution in [-0.2, 0) is 6.54 Å². The van der Waals surface area contributed by atoms with Crippen LogP contribution >= 0.6 is 0 Å². The largest absolute Gasteiger partial charge is 0.344 e. The number of halogens is 3. The molecule has 0 unspecified atom stereocenters. The highest BCUT2D eigenvalue weighted by Crippen LogP contribution is 2.44. The number of rotatable bonds is 9. The summed E-state index contributed by atoms with van der Waals surface area (Å²) in [5.74, 6) is 0.484. The topological polar surface area (TPSA) is 124 Å². The Morgan fingerprint density at radius 3 is 2.47 bits per heavy atom. The van der Waals surface area contributed by atoms with Crippen molar-refractivity contribution in [3.8, 4) is 11.5 Å². The summed E-state index contributed by atoms with van der Waals surface area (Å²) in [6.45, 7) is 3.02. The molecule has 1 aliphatic heterocycles. The van der Waals surface area contributed by atoms with Gasteiger partial charge in [0.15, 0.2) is 5.82 Å². The van der Waals surface area contributed by atoms with E-state index in [1.54, 1.807) is 6.07 Å². The number of benzene rings is 1. The predicted molar refractivity (Wildman–Crippen MR) is 185 cm³/mol. The molecule has 0 radical (unpaired) electrons. The zero-order valence-corrected chi connectivity index (χ0v) is 28.2. The van der Waals surface area contributed by atoms with Crippen LogP contribution < -0.4 is 11.1 Å².